The number of carbonyl (C=O) groups excluding carboxylic acids is 1. The molecule has 1 fully saturated rings. The van der Waals surface area contributed by atoms with E-state index in [0.29, 0.717) is 0 Å². The van der Waals surface area contributed by atoms with E-state index in [0.717, 1.165) is 0 Å². The van der Waals surface area contributed by atoms with Gasteiger partial charge in [0.15, 0.2) is 0 Å². The van der Waals surface area contributed by atoms with Crippen molar-refractivity contribution in [2.45, 2.75) is 38.5 Å². The van der Waals surface area contributed by atoms with Gasteiger partial charge in [-0.15, -0.1) is 0 Å². The van der Waals surface area contributed by atoms with Crippen LogP contribution >= 0.6 is 0 Å². The van der Waals surface area contributed by atoms with Crippen LogP contribution in [0.15, 0.2) is 24.3 Å². The van der Waals surface area contributed by atoms with Gasteiger partial charge in [-0.25, -0.2) is 9.59 Å². The summed E-state index contributed by atoms with van der Waals surface area (Å²) >= 11 is 0. The van der Waals surface area contributed by atoms with Gasteiger partial charge in [0, 0.05) is 0 Å². The maximum Gasteiger partial charge on any atom is 0.338 e. The fourth-order valence-electron chi connectivity index (χ4n) is 2.06. The summed E-state index contributed by atoms with van der Waals surface area (Å²) in [6.45, 7) is -0.361. The molecular formula is C16H22O5. The molecule has 2 rings (SSSR count). The highest BCUT2D eigenvalue weighted by Gasteiger charge is 2.09. The molecule has 1 aromatic rings. The molecule has 0 aromatic heterocycles. The number of ether oxygens (including phenoxy) is 1. The highest BCUT2D eigenvalue weighted by Crippen LogP contribution is 2.15. The van der Waals surface area contributed by atoms with Crippen LogP contribution in [-0.2, 0) is 4.74 Å². The first-order valence-corrected chi connectivity index (χ1v) is 7.26. The van der Waals surface area contributed by atoms with Crippen molar-refractivity contribution < 1.29 is 24.5 Å². The van der Waals surface area contributed by atoms with E-state index in [-0.39, 0.29) is 24.3 Å². The van der Waals surface area contributed by atoms with E-state index >= 15 is 0 Å². The van der Waals surface area contributed by atoms with E-state index in [9.17, 15) is 9.59 Å². The number of aliphatic hydroxyl groups excluding tert-OH is 1. The van der Waals surface area contributed by atoms with Crippen LogP contribution in [0.25, 0.3) is 0 Å². The van der Waals surface area contributed by atoms with Gasteiger partial charge < -0.3 is 14.9 Å². The molecule has 0 atom stereocenters. The molecular weight excluding hydrogens is 272 g/mol. The van der Waals surface area contributed by atoms with Crippen LogP contribution in [0.2, 0.25) is 0 Å². The molecule has 5 heteroatoms. The first-order chi connectivity index (χ1) is 10.1. The van der Waals surface area contributed by atoms with Gasteiger partial charge in [-0.2, -0.15) is 0 Å². The van der Waals surface area contributed by atoms with Crippen LogP contribution in [0, 0.1) is 0 Å². The molecule has 1 aliphatic rings. The number of carboxylic acid groups (broad SMARTS) is 1. The molecule has 1 saturated carbocycles. The van der Waals surface area contributed by atoms with Crippen molar-refractivity contribution in [2.24, 2.45) is 0 Å². The molecule has 1 aromatic carbocycles. The normalized spacial score (nSPS) is 13.8. The standard InChI is InChI=1S/C10H10O5.C6H12/c11-4-5-15-10(14)8-3-1-2-7(6-8)9(12)13;1-2-4-6-5-3-1/h1-3,6,11H,4-5H2,(H,12,13);1-6H2. The Morgan fingerprint density at radius 3 is 2.00 bits per heavy atom. The third kappa shape index (κ3) is 6.90. The second kappa shape index (κ2) is 9.94. The predicted octanol–water partition coefficient (Wildman–Crippen LogP) is 2.87. The van der Waals surface area contributed by atoms with E-state index < -0.39 is 11.9 Å². The Morgan fingerprint density at radius 2 is 1.52 bits per heavy atom. The number of hydrogen-bond acceptors (Lipinski definition) is 4. The summed E-state index contributed by atoms with van der Waals surface area (Å²) in [6.07, 6.45) is 9.00. The minimum absolute atomic E-state index is 0.0217. The number of aliphatic hydroxyl groups is 1. The third-order valence-corrected chi connectivity index (χ3v) is 3.17. The van der Waals surface area contributed by atoms with Gasteiger partial charge in [-0.1, -0.05) is 44.6 Å². The van der Waals surface area contributed by atoms with Gasteiger partial charge in [0.1, 0.15) is 6.61 Å². The fourth-order valence-corrected chi connectivity index (χ4v) is 2.06. The van der Waals surface area contributed by atoms with Crippen LogP contribution in [0.1, 0.15) is 59.2 Å². The molecule has 1 aliphatic carbocycles. The smallest absolute Gasteiger partial charge is 0.338 e. The SMILES string of the molecule is C1CCCCC1.O=C(O)c1cccc(C(=O)OCCO)c1. The van der Waals surface area contributed by atoms with Crippen LogP contribution in [0.5, 0.6) is 0 Å². The van der Waals surface area contributed by atoms with Crippen molar-refractivity contribution in [1.29, 1.82) is 0 Å². The lowest BCUT2D eigenvalue weighted by molar-refractivity contribution is 0.0433. The minimum Gasteiger partial charge on any atom is -0.478 e. The first kappa shape index (κ1) is 17.2. The third-order valence-electron chi connectivity index (χ3n) is 3.17. The van der Waals surface area contributed by atoms with Crippen molar-refractivity contribution in [2.75, 3.05) is 13.2 Å². The molecule has 0 heterocycles. The van der Waals surface area contributed by atoms with Crippen molar-refractivity contribution >= 4 is 11.9 Å². The second-order valence-electron chi connectivity index (χ2n) is 4.87. The van der Waals surface area contributed by atoms with Crippen LogP contribution in [-0.4, -0.2) is 35.4 Å². The average Bonchev–Trinajstić information content (AvgIpc) is 2.55. The predicted molar refractivity (Wildman–Crippen MR) is 78.5 cm³/mol. The zero-order valence-corrected chi connectivity index (χ0v) is 12.1. The Bertz CT molecular complexity index is 440. The number of carboxylic acids is 1. The molecule has 5 nitrogen and oxygen atoms in total. The summed E-state index contributed by atoms with van der Waals surface area (Å²) < 4.78 is 4.63. The lowest BCUT2D eigenvalue weighted by Gasteiger charge is -2.05. The summed E-state index contributed by atoms with van der Waals surface area (Å²) in [6, 6.07) is 5.51. The molecule has 0 bridgehead atoms. The van der Waals surface area contributed by atoms with E-state index in [4.69, 9.17) is 10.2 Å². The van der Waals surface area contributed by atoms with Crippen LogP contribution in [0.3, 0.4) is 0 Å². The lowest BCUT2D eigenvalue weighted by atomic mass is 10.0. The van der Waals surface area contributed by atoms with Crippen molar-refractivity contribution in [3.8, 4) is 0 Å². The number of benzene rings is 1. The zero-order valence-electron chi connectivity index (χ0n) is 12.1. The Kier molecular flexibility index (Phi) is 8.12. The molecule has 0 spiro atoms. The average molecular weight is 294 g/mol. The lowest BCUT2D eigenvalue weighted by Crippen LogP contribution is -2.09. The second-order valence-corrected chi connectivity index (χ2v) is 4.87. The van der Waals surface area contributed by atoms with Gasteiger partial charge in [0.2, 0.25) is 0 Å². The summed E-state index contributed by atoms with van der Waals surface area (Å²) in [5.41, 5.74) is 0.178. The van der Waals surface area contributed by atoms with Crippen LogP contribution < -0.4 is 0 Å². The Labute approximate surface area is 124 Å². The Hall–Kier alpha value is -1.88. The van der Waals surface area contributed by atoms with Gasteiger partial charge in [-0.3, -0.25) is 0 Å². The zero-order chi connectivity index (χ0) is 15.5. The maximum absolute atomic E-state index is 11.3. The number of carbonyl (C=O) groups is 2. The highest BCUT2D eigenvalue weighted by atomic mass is 16.5. The monoisotopic (exact) mass is 294 g/mol. The Balaban J connectivity index is 0.000000304. The summed E-state index contributed by atoms with van der Waals surface area (Å²) in [5.74, 6) is -1.75. The quantitative estimate of drug-likeness (QED) is 0.834. The van der Waals surface area contributed by atoms with Gasteiger partial charge in [-0.05, 0) is 18.2 Å². The van der Waals surface area contributed by atoms with Gasteiger partial charge in [0.05, 0.1) is 17.7 Å². The van der Waals surface area contributed by atoms with E-state index in [2.05, 4.69) is 4.74 Å². The molecule has 0 aliphatic heterocycles. The van der Waals surface area contributed by atoms with Crippen molar-refractivity contribution in [3.05, 3.63) is 35.4 Å². The Morgan fingerprint density at radius 1 is 1.00 bits per heavy atom. The summed E-state index contributed by atoms with van der Waals surface area (Å²) in [4.78, 5) is 21.8. The van der Waals surface area contributed by atoms with E-state index in [1.165, 1.54) is 62.8 Å². The maximum atomic E-state index is 11.3. The van der Waals surface area contributed by atoms with E-state index in [1.807, 2.05) is 0 Å². The number of aromatic carboxylic acids is 1. The van der Waals surface area contributed by atoms with Crippen molar-refractivity contribution in [1.82, 2.24) is 0 Å². The molecule has 21 heavy (non-hydrogen) atoms. The molecule has 0 saturated heterocycles. The topological polar surface area (TPSA) is 83.8 Å². The summed E-state index contributed by atoms with van der Waals surface area (Å²) in [5, 5.41) is 17.1. The van der Waals surface area contributed by atoms with Gasteiger partial charge in [0.25, 0.3) is 0 Å². The fraction of sp³-hybridized carbons (Fsp3) is 0.500. The minimum atomic E-state index is -1.10. The number of rotatable bonds is 4. The number of hydrogen-bond donors (Lipinski definition) is 2. The first-order valence-electron chi connectivity index (χ1n) is 7.26. The van der Waals surface area contributed by atoms with Gasteiger partial charge >= 0.3 is 11.9 Å². The van der Waals surface area contributed by atoms with Crippen LogP contribution in [0.4, 0.5) is 0 Å². The number of esters is 1. The highest BCUT2D eigenvalue weighted by molar-refractivity contribution is 5.94. The summed E-state index contributed by atoms with van der Waals surface area (Å²) in [7, 11) is 0. The molecule has 0 radical (unpaired) electrons. The molecule has 2 N–H and O–H groups in total. The largest absolute Gasteiger partial charge is 0.478 e. The molecule has 0 unspecified atom stereocenters. The molecule has 116 valence electrons. The van der Waals surface area contributed by atoms with E-state index in [1.54, 1.807) is 0 Å². The van der Waals surface area contributed by atoms with Crippen molar-refractivity contribution in [3.63, 3.8) is 0 Å². The molecule has 0 amide bonds.